The van der Waals surface area contributed by atoms with Crippen LogP contribution in [0.2, 0.25) is 19.6 Å². The summed E-state index contributed by atoms with van der Waals surface area (Å²) < 4.78 is 6.06. The van der Waals surface area contributed by atoms with E-state index in [1.54, 1.807) is 0 Å². The summed E-state index contributed by atoms with van der Waals surface area (Å²) in [6.45, 7) is 16.6. The average molecular weight is 449 g/mol. The van der Waals surface area contributed by atoms with Crippen molar-refractivity contribution in [3.63, 3.8) is 0 Å². The van der Waals surface area contributed by atoms with E-state index in [0.29, 0.717) is 0 Å². The van der Waals surface area contributed by atoms with Crippen LogP contribution in [0.5, 0.6) is 0 Å². The molecule has 0 radical (unpaired) electrons. The normalized spacial score (nSPS) is 12.6. The Balaban J connectivity index is 0. The Morgan fingerprint density at radius 3 is 1.10 bits per heavy atom. The largest absolute Gasteiger partial charge is 0.417 e. The fraction of sp³-hybridized carbons (Fsp3) is 1.00. The summed E-state index contributed by atoms with van der Waals surface area (Å²) in [5.41, 5.74) is -0.182. The maximum Gasteiger partial charge on any atom is 0.183 e. The SMILES string of the molecule is CCCCC(CO)(CCCC)CO[Si](C)(C)C.CCCCC(CO)(CO)CCCC. The first-order valence-corrected chi connectivity index (χ1v) is 16.0. The molecule has 0 saturated heterocycles. The molecular formula is C25H56O4Si. The van der Waals surface area contributed by atoms with Crippen molar-refractivity contribution in [1.82, 2.24) is 0 Å². The molecule has 0 heterocycles. The average Bonchev–Trinajstić information content (AvgIpc) is 2.74. The van der Waals surface area contributed by atoms with Crippen LogP contribution < -0.4 is 0 Å². The van der Waals surface area contributed by atoms with E-state index in [1.165, 1.54) is 25.7 Å². The van der Waals surface area contributed by atoms with Gasteiger partial charge >= 0.3 is 0 Å². The molecule has 0 aromatic heterocycles. The summed E-state index contributed by atoms with van der Waals surface area (Å²) >= 11 is 0. The highest BCUT2D eigenvalue weighted by Crippen LogP contribution is 2.32. The summed E-state index contributed by atoms with van der Waals surface area (Å²) in [5.74, 6) is 0. The van der Waals surface area contributed by atoms with E-state index in [1.807, 2.05) is 0 Å². The molecule has 5 heteroatoms. The van der Waals surface area contributed by atoms with Crippen molar-refractivity contribution in [1.29, 1.82) is 0 Å². The number of aliphatic hydroxyl groups is 3. The van der Waals surface area contributed by atoms with Gasteiger partial charge in [-0.15, -0.1) is 0 Å². The molecule has 184 valence electrons. The lowest BCUT2D eigenvalue weighted by Crippen LogP contribution is -2.37. The molecule has 0 fully saturated rings. The van der Waals surface area contributed by atoms with Crippen LogP contribution >= 0.6 is 0 Å². The summed E-state index contributed by atoms with van der Waals surface area (Å²) in [5, 5.41) is 28.3. The molecule has 0 aliphatic heterocycles. The van der Waals surface area contributed by atoms with Crippen LogP contribution in [-0.2, 0) is 4.43 Å². The minimum Gasteiger partial charge on any atom is -0.417 e. The van der Waals surface area contributed by atoms with Crippen LogP contribution in [-0.4, -0.2) is 50.1 Å². The molecule has 0 amide bonds. The van der Waals surface area contributed by atoms with Crippen LogP contribution in [0.1, 0.15) is 105 Å². The smallest absolute Gasteiger partial charge is 0.183 e. The van der Waals surface area contributed by atoms with Crippen molar-refractivity contribution >= 4 is 8.32 Å². The van der Waals surface area contributed by atoms with Gasteiger partial charge in [0.1, 0.15) is 0 Å². The first-order chi connectivity index (χ1) is 14.1. The second-order valence-corrected chi connectivity index (χ2v) is 14.8. The number of unbranched alkanes of at least 4 members (excludes halogenated alkanes) is 4. The quantitative estimate of drug-likeness (QED) is 0.208. The number of rotatable bonds is 18. The van der Waals surface area contributed by atoms with Crippen molar-refractivity contribution < 1.29 is 19.7 Å². The molecule has 0 aromatic carbocycles. The molecule has 0 bridgehead atoms. The van der Waals surface area contributed by atoms with Crippen molar-refractivity contribution in [3.8, 4) is 0 Å². The third-order valence-electron chi connectivity index (χ3n) is 6.06. The molecule has 0 rings (SSSR count). The lowest BCUT2D eigenvalue weighted by atomic mass is 9.80. The van der Waals surface area contributed by atoms with E-state index in [-0.39, 0.29) is 30.7 Å². The number of hydrogen-bond donors (Lipinski definition) is 3. The minimum atomic E-state index is -1.47. The van der Waals surface area contributed by atoms with E-state index in [4.69, 9.17) is 4.43 Å². The van der Waals surface area contributed by atoms with Gasteiger partial charge in [0.05, 0.1) is 19.8 Å². The number of hydrogen-bond acceptors (Lipinski definition) is 4. The monoisotopic (exact) mass is 448 g/mol. The molecule has 30 heavy (non-hydrogen) atoms. The Bertz CT molecular complexity index is 347. The summed E-state index contributed by atoms with van der Waals surface area (Å²) in [4.78, 5) is 0. The Morgan fingerprint density at radius 1 is 0.567 bits per heavy atom. The third kappa shape index (κ3) is 15.8. The summed E-state index contributed by atoms with van der Waals surface area (Å²) in [6, 6.07) is 0. The van der Waals surface area contributed by atoms with Gasteiger partial charge in [-0.3, -0.25) is 0 Å². The Morgan fingerprint density at radius 2 is 0.867 bits per heavy atom. The van der Waals surface area contributed by atoms with Gasteiger partial charge in [-0.1, -0.05) is 79.1 Å². The molecular weight excluding hydrogens is 392 g/mol. The fourth-order valence-electron chi connectivity index (χ4n) is 3.54. The fourth-order valence-corrected chi connectivity index (χ4v) is 4.28. The lowest BCUT2D eigenvalue weighted by Gasteiger charge is -2.34. The van der Waals surface area contributed by atoms with Gasteiger partial charge in [0.25, 0.3) is 0 Å². The van der Waals surface area contributed by atoms with E-state index in [9.17, 15) is 15.3 Å². The zero-order valence-electron chi connectivity index (χ0n) is 21.6. The highest BCUT2D eigenvalue weighted by Gasteiger charge is 2.31. The van der Waals surface area contributed by atoms with E-state index >= 15 is 0 Å². The Hall–Kier alpha value is 0.0569. The van der Waals surface area contributed by atoms with Crippen molar-refractivity contribution in [3.05, 3.63) is 0 Å². The van der Waals surface area contributed by atoms with Crippen molar-refractivity contribution in [2.75, 3.05) is 26.4 Å². The van der Waals surface area contributed by atoms with Gasteiger partial charge in [0.2, 0.25) is 0 Å². The van der Waals surface area contributed by atoms with Crippen LogP contribution in [0.25, 0.3) is 0 Å². The molecule has 0 saturated carbocycles. The van der Waals surface area contributed by atoms with E-state index in [2.05, 4.69) is 47.3 Å². The maximum absolute atomic E-state index is 9.76. The zero-order valence-corrected chi connectivity index (χ0v) is 22.6. The van der Waals surface area contributed by atoms with Gasteiger partial charge in [-0.25, -0.2) is 0 Å². The third-order valence-corrected chi connectivity index (χ3v) is 7.07. The van der Waals surface area contributed by atoms with Crippen molar-refractivity contribution in [2.45, 2.75) is 124 Å². The molecule has 4 nitrogen and oxygen atoms in total. The standard InChI is InChI=1S/C14H32O2Si.C11H24O2/c1-6-8-10-14(12-15,11-9-7-2)13-16-17(3,4)5;1-3-5-7-11(9-12,10-13)8-6-4-2/h15H,6-13H2,1-5H3;12-13H,3-10H2,1-2H3. The van der Waals surface area contributed by atoms with Crippen LogP contribution in [0.4, 0.5) is 0 Å². The van der Waals surface area contributed by atoms with Gasteiger partial charge < -0.3 is 19.7 Å². The topological polar surface area (TPSA) is 69.9 Å². The molecule has 0 aromatic rings. The predicted octanol–water partition coefficient (Wildman–Crippen LogP) is 6.53. The summed E-state index contributed by atoms with van der Waals surface area (Å²) in [7, 11) is -1.47. The van der Waals surface area contributed by atoms with Gasteiger partial charge in [-0.2, -0.15) is 0 Å². The van der Waals surface area contributed by atoms with Gasteiger partial charge in [0, 0.05) is 17.4 Å². The minimum absolute atomic E-state index is 0.0201. The molecule has 0 aliphatic rings. The maximum atomic E-state index is 9.76. The molecule has 0 spiro atoms. The second kappa shape index (κ2) is 18.6. The highest BCUT2D eigenvalue weighted by molar-refractivity contribution is 6.69. The van der Waals surface area contributed by atoms with Crippen LogP contribution in [0.15, 0.2) is 0 Å². The Kier molecular flexibility index (Phi) is 20.0. The van der Waals surface area contributed by atoms with Gasteiger partial charge in [-0.05, 0) is 45.3 Å². The molecule has 0 atom stereocenters. The van der Waals surface area contributed by atoms with Crippen molar-refractivity contribution in [2.24, 2.45) is 10.8 Å². The van der Waals surface area contributed by atoms with Gasteiger partial charge in [0.15, 0.2) is 8.32 Å². The number of aliphatic hydroxyl groups excluding tert-OH is 3. The van der Waals surface area contributed by atoms with Crippen LogP contribution in [0, 0.1) is 10.8 Å². The lowest BCUT2D eigenvalue weighted by molar-refractivity contribution is 0.0361. The first kappa shape index (κ1) is 32.2. The zero-order chi connectivity index (χ0) is 23.5. The Labute approximate surface area is 190 Å². The van der Waals surface area contributed by atoms with Crippen LogP contribution in [0.3, 0.4) is 0 Å². The van der Waals surface area contributed by atoms with E-state index < -0.39 is 8.32 Å². The molecule has 0 unspecified atom stereocenters. The second-order valence-electron chi connectivity index (χ2n) is 10.3. The summed E-state index contributed by atoms with van der Waals surface area (Å²) in [6.07, 6.45) is 13.4. The molecule has 3 N–H and O–H groups in total. The first-order valence-electron chi connectivity index (χ1n) is 12.6. The highest BCUT2D eigenvalue weighted by atomic mass is 28.4. The molecule has 0 aliphatic carbocycles. The van der Waals surface area contributed by atoms with E-state index in [0.717, 1.165) is 58.0 Å². The predicted molar refractivity (Wildman–Crippen MR) is 134 cm³/mol.